The molecule has 1 rings (SSSR count). The highest BCUT2D eigenvalue weighted by molar-refractivity contribution is 7.99. The number of nitrogens with one attached hydrogen (secondary N) is 1. The molecular formula is C10H19NO2S. The molecule has 0 aliphatic carbocycles. The van der Waals surface area contributed by atoms with Crippen LogP contribution in [0.25, 0.3) is 0 Å². The van der Waals surface area contributed by atoms with Crippen LogP contribution in [0.3, 0.4) is 0 Å². The summed E-state index contributed by atoms with van der Waals surface area (Å²) in [6.07, 6.45) is 2.20. The predicted molar refractivity (Wildman–Crippen MR) is 59.7 cm³/mol. The second-order valence-electron chi connectivity index (χ2n) is 4.11. The number of rotatable bonds is 4. The van der Waals surface area contributed by atoms with Gasteiger partial charge >= 0.3 is 5.97 Å². The van der Waals surface area contributed by atoms with Crippen LogP contribution in [0, 0.1) is 5.92 Å². The molecule has 1 unspecified atom stereocenters. The van der Waals surface area contributed by atoms with E-state index in [1.807, 2.05) is 25.6 Å². The third kappa shape index (κ3) is 3.50. The number of carboxylic acid groups (broad SMARTS) is 1. The molecule has 0 aromatic rings. The minimum atomic E-state index is -0.724. The van der Waals surface area contributed by atoms with E-state index in [1.54, 1.807) is 0 Å². The van der Waals surface area contributed by atoms with E-state index in [0.29, 0.717) is 6.04 Å². The first-order valence-corrected chi connectivity index (χ1v) is 6.33. The van der Waals surface area contributed by atoms with Crippen LogP contribution in [0.2, 0.25) is 0 Å². The summed E-state index contributed by atoms with van der Waals surface area (Å²) in [5, 5.41) is 12.2. The van der Waals surface area contributed by atoms with Gasteiger partial charge in [0.2, 0.25) is 0 Å². The quantitative estimate of drug-likeness (QED) is 0.750. The van der Waals surface area contributed by atoms with Crippen LogP contribution in [0.15, 0.2) is 0 Å². The monoisotopic (exact) mass is 217 g/mol. The highest BCUT2D eigenvalue weighted by atomic mass is 32.2. The Kier molecular flexibility index (Phi) is 4.75. The van der Waals surface area contributed by atoms with E-state index in [0.717, 1.165) is 24.3 Å². The van der Waals surface area contributed by atoms with Crippen LogP contribution in [0.1, 0.15) is 26.7 Å². The van der Waals surface area contributed by atoms with Gasteiger partial charge in [0.05, 0.1) is 0 Å². The van der Waals surface area contributed by atoms with Gasteiger partial charge in [0.15, 0.2) is 0 Å². The van der Waals surface area contributed by atoms with E-state index in [2.05, 4.69) is 5.32 Å². The van der Waals surface area contributed by atoms with Gasteiger partial charge < -0.3 is 10.4 Å². The SMILES string of the molecule is CC(C)C(NC1CCSCC1)C(=O)O. The Hall–Kier alpha value is -0.220. The molecule has 82 valence electrons. The van der Waals surface area contributed by atoms with Crippen molar-refractivity contribution in [1.29, 1.82) is 0 Å². The van der Waals surface area contributed by atoms with Gasteiger partial charge in [0.25, 0.3) is 0 Å². The molecule has 14 heavy (non-hydrogen) atoms. The van der Waals surface area contributed by atoms with Crippen LogP contribution in [0.4, 0.5) is 0 Å². The molecule has 1 heterocycles. The summed E-state index contributed by atoms with van der Waals surface area (Å²) in [4.78, 5) is 10.9. The number of thioether (sulfide) groups is 1. The first-order valence-electron chi connectivity index (χ1n) is 5.18. The number of carboxylic acids is 1. The Morgan fingerprint density at radius 2 is 2.00 bits per heavy atom. The van der Waals surface area contributed by atoms with Crippen molar-refractivity contribution in [3.63, 3.8) is 0 Å². The molecule has 0 aromatic heterocycles. The van der Waals surface area contributed by atoms with E-state index in [-0.39, 0.29) is 12.0 Å². The summed E-state index contributed by atoms with van der Waals surface area (Å²) in [5.74, 6) is 1.74. The fourth-order valence-corrected chi connectivity index (χ4v) is 2.77. The summed E-state index contributed by atoms with van der Waals surface area (Å²) in [6, 6.07) is 0.0165. The molecule has 1 saturated heterocycles. The third-order valence-electron chi connectivity index (χ3n) is 2.57. The van der Waals surface area contributed by atoms with E-state index in [4.69, 9.17) is 5.11 Å². The number of carbonyl (C=O) groups is 1. The lowest BCUT2D eigenvalue weighted by molar-refractivity contribution is -0.140. The van der Waals surface area contributed by atoms with Crippen LogP contribution in [-0.4, -0.2) is 34.7 Å². The fraction of sp³-hybridized carbons (Fsp3) is 0.900. The first-order chi connectivity index (χ1) is 6.61. The molecular weight excluding hydrogens is 198 g/mol. The first kappa shape index (κ1) is 11.9. The lowest BCUT2D eigenvalue weighted by Crippen LogP contribution is -2.47. The minimum absolute atomic E-state index is 0.155. The molecule has 1 aliphatic rings. The van der Waals surface area contributed by atoms with Crippen molar-refractivity contribution in [2.24, 2.45) is 5.92 Å². The molecule has 0 amide bonds. The van der Waals surface area contributed by atoms with Crippen molar-refractivity contribution in [2.45, 2.75) is 38.8 Å². The Bertz CT molecular complexity index is 191. The maximum absolute atomic E-state index is 10.9. The van der Waals surface area contributed by atoms with Crippen molar-refractivity contribution < 1.29 is 9.90 Å². The van der Waals surface area contributed by atoms with E-state index in [1.165, 1.54) is 0 Å². The summed E-state index contributed by atoms with van der Waals surface area (Å²) >= 11 is 1.96. The van der Waals surface area contributed by atoms with Crippen molar-refractivity contribution in [1.82, 2.24) is 5.32 Å². The zero-order valence-electron chi connectivity index (χ0n) is 8.82. The maximum Gasteiger partial charge on any atom is 0.320 e. The van der Waals surface area contributed by atoms with Gasteiger partial charge in [0.1, 0.15) is 6.04 Å². The highest BCUT2D eigenvalue weighted by Gasteiger charge is 2.25. The molecule has 1 fully saturated rings. The number of hydrogen-bond donors (Lipinski definition) is 2. The zero-order chi connectivity index (χ0) is 10.6. The van der Waals surface area contributed by atoms with E-state index < -0.39 is 5.97 Å². The minimum Gasteiger partial charge on any atom is -0.480 e. The Morgan fingerprint density at radius 1 is 1.43 bits per heavy atom. The lowest BCUT2D eigenvalue weighted by atomic mass is 10.0. The average molecular weight is 217 g/mol. The van der Waals surface area contributed by atoms with Gasteiger partial charge in [0, 0.05) is 6.04 Å². The van der Waals surface area contributed by atoms with Gasteiger partial charge in [-0.15, -0.1) is 0 Å². The summed E-state index contributed by atoms with van der Waals surface area (Å²) in [7, 11) is 0. The molecule has 0 spiro atoms. The van der Waals surface area contributed by atoms with E-state index >= 15 is 0 Å². The van der Waals surface area contributed by atoms with Crippen molar-refractivity contribution >= 4 is 17.7 Å². The van der Waals surface area contributed by atoms with Crippen molar-refractivity contribution in [3.05, 3.63) is 0 Å². The van der Waals surface area contributed by atoms with Crippen LogP contribution in [0.5, 0.6) is 0 Å². The van der Waals surface area contributed by atoms with Crippen molar-refractivity contribution in [2.75, 3.05) is 11.5 Å². The molecule has 4 heteroatoms. The molecule has 1 atom stereocenters. The number of hydrogen-bond acceptors (Lipinski definition) is 3. The van der Waals surface area contributed by atoms with Crippen LogP contribution in [-0.2, 0) is 4.79 Å². The summed E-state index contributed by atoms with van der Waals surface area (Å²) in [6.45, 7) is 3.90. The fourth-order valence-electron chi connectivity index (χ4n) is 1.67. The van der Waals surface area contributed by atoms with Gasteiger partial charge in [-0.2, -0.15) is 11.8 Å². The lowest BCUT2D eigenvalue weighted by Gasteiger charge is -2.28. The van der Waals surface area contributed by atoms with Crippen LogP contribution < -0.4 is 5.32 Å². The zero-order valence-corrected chi connectivity index (χ0v) is 9.64. The van der Waals surface area contributed by atoms with Gasteiger partial charge in [-0.25, -0.2) is 0 Å². The topological polar surface area (TPSA) is 49.3 Å². The van der Waals surface area contributed by atoms with E-state index in [9.17, 15) is 4.79 Å². The van der Waals surface area contributed by atoms with Crippen LogP contribution >= 0.6 is 11.8 Å². The third-order valence-corrected chi connectivity index (χ3v) is 3.62. The molecule has 0 aromatic carbocycles. The Labute approximate surface area is 89.6 Å². The van der Waals surface area contributed by atoms with Gasteiger partial charge in [-0.3, -0.25) is 4.79 Å². The highest BCUT2D eigenvalue weighted by Crippen LogP contribution is 2.18. The Morgan fingerprint density at radius 3 is 2.43 bits per heavy atom. The molecule has 0 bridgehead atoms. The average Bonchev–Trinajstić information content (AvgIpc) is 2.15. The molecule has 1 aliphatic heterocycles. The normalized spacial score (nSPS) is 21.1. The predicted octanol–water partition coefficient (Wildman–Crippen LogP) is 1.58. The molecule has 2 N–H and O–H groups in total. The van der Waals surface area contributed by atoms with Crippen molar-refractivity contribution in [3.8, 4) is 0 Å². The standard InChI is InChI=1S/C10H19NO2S/c1-7(2)9(10(12)13)11-8-3-5-14-6-4-8/h7-9,11H,3-6H2,1-2H3,(H,12,13). The largest absolute Gasteiger partial charge is 0.480 e. The summed E-state index contributed by atoms with van der Waals surface area (Å²) < 4.78 is 0. The molecule has 0 saturated carbocycles. The molecule has 3 nitrogen and oxygen atoms in total. The summed E-state index contributed by atoms with van der Waals surface area (Å²) in [5.41, 5.74) is 0. The van der Waals surface area contributed by atoms with Gasteiger partial charge in [-0.05, 0) is 30.3 Å². The smallest absolute Gasteiger partial charge is 0.320 e. The number of aliphatic carboxylic acids is 1. The second-order valence-corrected chi connectivity index (χ2v) is 5.34. The maximum atomic E-state index is 10.9. The van der Waals surface area contributed by atoms with Gasteiger partial charge in [-0.1, -0.05) is 13.8 Å². The Balaban J connectivity index is 2.41. The molecule has 0 radical (unpaired) electrons. The second kappa shape index (κ2) is 5.61.